The summed E-state index contributed by atoms with van der Waals surface area (Å²) in [6.07, 6.45) is 0. The highest BCUT2D eigenvalue weighted by Crippen LogP contribution is 2.14. The fraction of sp³-hybridized carbons (Fsp3) is 0.118. The van der Waals surface area contributed by atoms with Crippen molar-refractivity contribution in [1.29, 1.82) is 0 Å². The van der Waals surface area contributed by atoms with Crippen molar-refractivity contribution < 1.29 is 0 Å². The summed E-state index contributed by atoms with van der Waals surface area (Å²) >= 11 is 0. The number of pyridine rings is 1. The standard InChI is InChI=1S/C17H16N2O/c1-12-6-2-3-8-14(12)11-18-16-10-13-7-4-5-9-15(13)17(20)19-16/h2-10H,11H2,1H3,(H2,18,19,20). The molecule has 3 aromatic rings. The number of benzene rings is 2. The third kappa shape index (κ3) is 2.43. The lowest BCUT2D eigenvalue weighted by Crippen LogP contribution is -2.11. The van der Waals surface area contributed by atoms with Crippen LogP contribution in [0.2, 0.25) is 0 Å². The summed E-state index contributed by atoms with van der Waals surface area (Å²) in [5.74, 6) is 0.747. The molecule has 0 atom stereocenters. The first kappa shape index (κ1) is 12.5. The van der Waals surface area contributed by atoms with Crippen molar-refractivity contribution in [3.05, 3.63) is 76.1 Å². The molecule has 2 aromatic carbocycles. The van der Waals surface area contributed by atoms with Gasteiger partial charge in [0.25, 0.3) is 5.56 Å². The summed E-state index contributed by atoms with van der Waals surface area (Å²) in [6, 6.07) is 17.8. The van der Waals surface area contributed by atoms with E-state index in [0.29, 0.717) is 11.9 Å². The Morgan fingerprint density at radius 3 is 2.65 bits per heavy atom. The molecule has 0 spiro atoms. The second-order valence-corrected chi connectivity index (χ2v) is 4.88. The Balaban J connectivity index is 1.88. The van der Waals surface area contributed by atoms with Gasteiger partial charge in [0, 0.05) is 11.9 Å². The summed E-state index contributed by atoms with van der Waals surface area (Å²) in [7, 11) is 0. The highest BCUT2D eigenvalue weighted by Gasteiger charge is 2.02. The van der Waals surface area contributed by atoms with E-state index in [9.17, 15) is 4.79 Å². The van der Waals surface area contributed by atoms with Crippen LogP contribution in [0, 0.1) is 6.92 Å². The normalized spacial score (nSPS) is 10.7. The molecule has 100 valence electrons. The Labute approximate surface area is 117 Å². The minimum Gasteiger partial charge on any atom is -0.367 e. The molecule has 0 bridgehead atoms. The quantitative estimate of drug-likeness (QED) is 0.761. The van der Waals surface area contributed by atoms with Crippen LogP contribution in [0.15, 0.2) is 59.4 Å². The van der Waals surface area contributed by atoms with Gasteiger partial charge in [-0.05, 0) is 35.6 Å². The molecular weight excluding hydrogens is 248 g/mol. The molecule has 0 aliphatic carbocycles. The van der Waals surface area contributed by atoms with E-state index in [2.05, 4.69) is 29.4 Å². The molecule has 0 fully saturated rings. The molecule has 1 aromatic heterocycles. The molecule has 3 nitrogen and oxygen atoms in total. The highest BCUT2D eigenvalue weighted by atomic mass is 16.1. The minimum absolute atomic E-state index is 0.0598. The molecule has 0 unspecified atom stereocenters. The van der Waals surface area contributed by atoms with Crippen LogP contribution in [0.25, 0.3) is 10.8 Å². The fourth-order valence-electron chi connectivity index (χ4n) is 2.30. The van der Waals surface area contributed by atoms with Crippen LogP contribution in [-0.2, 0) is 6.54 Å². The molecule has 0 saturated heterocycles. The molecule has 0 radical (unpaired) electrons. The average molecular weight is 264 g/mol. The first-order valence-electron chi connectivity index (χ1n) is 6.64. The number of nitrogens with one attached hydrogen (secondary N) is 2. The summed E-state index contributed by atoms with van der Waals surface area (Å²) < 4.78 is 0. The number of aromatic nitrogens is 1. The van der Waals surface area contributed by atoms with Gasteiger partial charge in [0.15, 0.2) is 0 Å². The zero-order valence-electron chi connectivity index (χ0n) is 11.3. The SMILES string of the molecule is Cc1ccccc1CNc1cc2ccccc2c(=O)[nH]1. The van der Waals surface area contributed by atoms with Gasteiger partial charge in [0.05, 0.1) is 0 Å². The van der Waals surface area contributed by atoms with E-state index < -0.39 is 0 Å². The van der Waals surface area contributed by atoms with Crippen molar-refractivity contribution in [2.45, 2.75) is 13.5 Å². The summed E-state index contributed by atoms with van der Waals surface area (Å²) in [5.41, 5.74) is 2.40. The van der Waals surface area contributed by atoms with Crippen molar-refractivity contribution in [3.8, 4) is 0 Å². The number of fused-ring (bicyclic) bond motifs is 1. The van der Waals surface area contributed by atoms with E-state index in [0.717, 1.165) is 11.2 Å². The van der Waals surface area contributed by atoms with Gasteiger partial charge in [0.1, 0.15) is 5.82 Å². The van der Waals surface area contributed by atoms with Gasteiger partial charge in [-0.25, -0.2) is 0 Å². The zero-order valence-corrected chi connectivity index (χ0v) is 11.3. The molecule has 0 aliphatic heterocycles. The predicted octanol–water partition coefficient (Wildman–Crippen LogP) is 3.45. The summed E-state index contributed by atoms with van der Waals surface area (Å²) in [5, 5.41) is 4.94. The van der Waals surface area contributed by atoms with Crippen LogP contribution in [0.5, 0.6) is 0 Å². The predicted molar refractivity (Wildman–Crippen MR) is 83.1 cm³/mol. The number of aryl methyl sites for hydroxylation is 1. The lowest BCUT2D eigenvalue weighted by molar-refractivity contribution is 1.08. The first-order chi connectivity index (χ1) is 9.74. The highest BCUT2D eigenvalue weighted by molar-refractivity contribution is 5.83. The second-order valence-electron chi connectivity index (χ2n) is 4.88. The summed E-state index contributed by atoms with van der Waals surface area (Å²) in [4.78, 5) is 14.9. The van der Waals surface area contributed by atoms with Gasteiger partial charge in [-0.1, -0.05) is 42.5 Å². The Morgan fingerprint density at radius 1 is 1.05 bits per heavy atom. The maximum atomic E-state index is 12.0. The summed E-state index contributed by atoms with van der Waals surface area (Å²) in [6.45, 7) is 2.78. The van der Waals surface area contributed by atoms with Crippen molar-refractivity contribution >= 4 is 16.6 Å². The molecule has 0 saturated carbocycles. The Hall–Kier alpha value is -2.55. The fourth-order valence-corrected chi connectivity index (χ4v) is 2.30. The molecule has 0 amide bonds. The van der Waals surface area contributed by atoms with E-state index in [1.54, 1.807) is 0 Å². The largest absolute Gasteiger partial charge is 0.367 e. The molecule has 3 rings (SSSR count). The van der Waals surface area contributed by atoms with E-state index in [1.807, 2.05) is 42.5 Å². The molecule has 0 aliphatic rings. The monoisotopic (exact) mass is 264 g/mol. The Morgan fingerprint density at radius 2 is 1.80 bits per heavy atom. The number of anilines is 1. The van der Waals surface area contributed by atoms with Crippen molar-refractivity contribution in [1.82, 2.24) is 4.98 Å². The molecule has 20 heavy (non-hydrogen) atoms. The van der Waals surface area contributed by atoms with Gasteiger partial charge in [-0.2, -0.15) is 0 Å². The van der Waals surface area contributed by atoms with Gasteiger partial charge in [-0.3, -0.25) is 4.79 Å². The molecular formula is C17H16N2O. The number of rotatable bonds is 3. The van der Waals surface area contributed by atoms with Gasteiger partial charge in [-0.15, -0.1) is 0 Å². The third-order valence-corrected chi connectivity index (χ3v) is 3.48. The maximum Gasteiger partial charge on any atom is 0.257 e. The van der Waals surface area contributed by atoms with Crippen LogP contribution in [0.1, 0.15) is 11.1 Å². The first-order valence-corrected chi connectivity index (χ1v) is 6.64. The number of hydrogen-bond acceptors (Lipinski definition) is 2. The maximum absolute atomic E-state index is 12.0. The Kier molecular flexibility index (Phi) is 3.25. The zero-order chi connectivity index (χ0) is 13.9. The number of hydrogen-bond donors (Lipinski definition) is 2. The van der Waals surface area contributed by atoms with Crippen molar-refractivity contribution in [2.75, 3.05) is 5.32 Å². The molecule has 2 N–H and O–H groups in total. The third-order valence-electron chi connectivity index (χ3n) is 3.48. The van der Waals surface area contributed by atoms with Gasteiger partial charge >= 0.3 is 0 Å². The average Bonchev–Trinajstić information content (AvgIpc) is 2.46. The number of aromatic amines is 1. The van der Waals surface area contributed by atoms with Crippen LogP contribution in [0.3, 0.4) is 0 Å². The second kappa shape index (κ2) is 5.21. The lowest BCUT2D eigenvalue weighted by Gasteiger charge is -2.09. The molecule has 1 heterocycles. The van der Waals surface area contributed by atoms with Gasteiger partial charge < -0.3 is 10.3 Å². The van der Waals surface area contributed by atoms with Crippen LogP contribution in [0.4, 0.5) is 5.82 Å². The Bertz CT molecular complexity index is 805. The minimum atomic E-state index is -0.0598. The van der Waals surface area contributed by atoms with Crippen molar-refractivity contribution in [3.63, 3.8) is 0 Å². The van der Waals surface area contributed by atoms with E-state index in [4.69, 9.17) is 0 Å². The van der Waals surface area contributed by atoms with Crippen molar-refractivity contribution in [2.24, 2.45) is 0 Å². The topological polar surface area (TPSA) is 44.9 Å². The van der Waals surface area contributed by atoms with E-state index in [-0.39, 0.29) is 5.56 Å². The molecule has 3 heteroatoms. The van der Waals surface area contributed by atoms with E-state index in [1.165, 1.54) is 11.1 Å². The smallest absolute Gasteiger partial charge is 0.257 e. The van der Waals surface area contributed by atoms with Crippen LogP contribution < -0.4 is 10.9 Å². The lowest BCUT2D eigenvalue weighted by atomic mass is 10.1. The number of H-pyrrole nitrogens is 1. The van der Waals surface area contributed by atoms with Crippen LogP contribution in [-0.4, -0.2) is 4.98 Å². The van der Waals surface area contributed by atoms with Crippen LogP contribution >= 0.6 is 0 Å². The van der Waals surface area contributed by atoms with E-state index >= 15 is 0 Å². The van der Waals surface area contributed by atoms with Gasteiger partial charge in [0.2, 0.25) is 0 Å².